The summed E-state index contributed by atoms with van der Waals surface area (Å²) in [4.78, 5) is 8.67. The standard InChI is InChI=1S/C24H25N5O5S/c1-4-32-20-11-12-22(21(15-20)33-5-2)35(30,31)28-18-7-9-19(10-8-18)34-24-16-23(26-17(3)27-24)29-14-6-13-25-29/h6-16,28H,4-5H2,1-3H3. The Labute approximate surface area is 203 Å². The molecule has 1 N–H and O–H groups in total. The molecule has 2 aromatic heterocycles. The molecular weight excluding hydrogens is 470 g/mol. The molecule has 10 nitrogen and oxygen atoms in total. The molecule has 0 spiro atoms. The summed E-state index contributed by atoms with van der Waals surface area (Å²) in [5.41, 5.74) is 0.366. The number of aromatic nitrogens is 4. The molecule has 0 unspecified atom stereocenters. The number of aryl methyl sites for hydroxylation is 1. The summed E-state index contributed by atoms with van der Waals surface area (Å²) in [7, 11) is -3.91. The third-order valence-corrected chi connectivity index (χ3v) is 6.11. The first kappa shape index (κ1) is 24.0. The SMILES string of the molecule is CCOc1ccc(S(=O)(=O)Nc2ccc(Oc3cc(-n4cccn4)nc(C)n3)cc2)c(OCC)c1. The van der Waals surface area contributed by atoms with E-state index in [2.05, 4.69) is 19.8 Å². The normalized spacial score (nSPS) is 11.2. The molecule has 2 heterocycles. The van der Waals surface area contributed by atoms with Crippen molar-refractivity contribution in [2.45, 2.75) is 25.7 Å². The third kappa shape index (κ3) is 5.87. The Morgan fingerprint density at radius 1 is 0.943 bits per heavy atom. The van der Waals surface area contributed by atoms with Gasteiger partial charge in [0.15, 0.2) is 5.82 Å². The fourth-order valence-electron chi connectivity index (χ4n) is 3.26. The quantitative estimate of drug-likeness (QED) is 0.345. The van der Waals surface area contributed by atoms with Gasteiger partial charge in [0, 0.05) is 30.2 Å². The van der Waals surface area contributed by atoms with Gasteiger partial charge in [-0.15, -0.1) is 0 Å². The van der Waals surface area contributed by atoms with Gasteiger partial charge < -0.3 is 14.2 Å². The molecule has 0 atom stereocenters. The zero-order valence-corrected chi connectivity index (χ0v) is 20.3. The van der Waals surface area contributed by atoms with Crippen LogP contribution in [0.15, 0.2) is 71.9 Å². The maximum Gasteiger partial charge on any atom is 0.265 e. The van der Waals surface area contributed by atoms with Crippen LogP contribution in [0.1, 0.15) is 19.7 Å². The molecule has 0 aliphatic carbocycles. The van der Waals surface area contributed by atoms with Crippen LogP contribution in [0.2, 0.25) is 0 Å². The predicted octanol–water partition coefficient (Wildman–Crippen LogP) is 4.36. The van der Waals surface area contributed by atoms with Crippen molar-refractivity contribution in [3.05, 3.63) is 72.8 Å². The average Bonchev–Trinajstić information content (AvgIpc) is 3.36. The van der Waals surface area contributed by atoms with Crippen LogP contribution in [-0.2, 0) is 10.0 Å². The number of nitrogens with zero attached hydrogens (tertiary/aromatic N) is 4. The van der Waals surface area contributed by atoms with E-state index in [4.69, 9.17) is 14.2 Å². The minimum absolute atomic E-state index is 0.0192. The van der Waals surface area contributed by atoms with Crippen LogP contribution in [0.5, 0.6) is 23.1 Å². The van der Waals surface area contributed by atoms with Crippen molar-refractivity contribution in [1.82, 2.24) is 19.7 Å². The molecule has 0 fully saturated rings. The highest BCUT2D eigenvalue weighted by atomic mass is 32.2. The van der Waals surface area contributed by atoms with E-state index < -0.39 is 10.0 Å². The number of anilines is 1. The second-order valence-corrected chi connectivity index (χ2v) is 8.92. The van der Waals surface area contributed by atoms with E-state index in [9.17, 15) is 8.42 Å². The van der Waals surface area contributed by atoms with Gasteiger partial charge in [-0.25, -0.2) is 18.1 Å². The van der Waals surface area contributed by atoms with Crippen LogP contribution in [0, 0.1) is 6.92 Å². The first-order valence-electron chi connectivity index (χ1n) is 10.9. The molecule has 0 amide bonds. The molecule has 182 valence electrons. The Morgan fingerprint density at radius 2 is 1.69 bits per heavy atom. The Hall–Kier alpha value is -4.12. The van der Waals surface area contributed by atoms with Crippen molar-refractivity contribution in [3.63, 3.8) is 0 Å². The molecule has 0 bridgehead atoms. The Bertz CT molecular complexity index is 1390. The fourth-order valence-corrected chi connectivity index (χ4v) is 4.44. The number of rotatable bonds is 10. The van der Waals surface area contributed by atoms with Crippen LogP contribution in [0.25, 0.3) is 5.82 Å². The van der Waals surface area contributed by atoms with E-state index in [1.807, 2.05) is 6.92 Å². The van der Waals surface area contributed by atoms with Crippen molar-refractivity contribution in [2.75, 3.05) is 17.9 Å². The first-order chi connectivity index (χ1) is 16.9. The smallest absolute Gasteiger partial charge is 0.265 e. The molecule has 2 aromatic carbocycles. The number of hydrogen-bond acceptors (Lipinski definition) is 8. The molecule has 0 aliphatic heterocycles. The van der Waals surface area contributed by atoms with Gasteiger partial charge in [-0.1, -0.05) is 0 Å². The van der Waals surface area contributed by atoms with Crippen molar-refractivity contribution in [2.24, 2.45) is 0 Å². The lowest BCUT2D eigenvalue weighted by Gasteiger charge is -2.14. The molecule has 0 radical (unpaired) electrons. The van der Waals surface area contributed by atoms with Crippen molar-refractivity contribution < 1.29 is 22.6 Å². The summed E-state index contributed by atoms with van der Waals surface area (Å²) >= 11 is 0. The lowest BCUT2D eigenvalue weighted by Crippen LogP contribution is -2.14. The minimum Gasteiger partial charge on any atom is -0.494 e. The van der Waals surface area contributed by atoms with Gasteiger partial charge in [0.1, 0.15) is 28.0 Å². The van der Waals surface area contributed by atoms with Gasteiger partial charge in [-0.2, -0.15) is 10.1 Å². The maximum absolute atomic E-state index is 13.0. The highest BCUT2D eigenvalue weighted by Crippen LogP contribution is 2.31. The predicted molar refractivity (Wildman–Crippen MR) is 130 cm³/mol. The zero-order chi connectivity index (χ0) is 24.8. The third-order valence-electron chi connectivity index (χ3n) is 4.68. The van der Waals surface area contributed by atoms with Crippen LogP contribution in [0.4, 0.5) is 5.69 Å². The topological polar surface area (TPSA) is 117 Å². The molecular formula is C24H25N5O5S. The lowest BCUT2D eigenvalue weighted by atomic mass is 10.3. The Morgan fingerprint density at radius 3 is 2.37 bits per heavy atom. The molecule has 0 saturated heterocycles. The van der Waals surface area contributed by atoms with Crippen molar-refractivity contribution in [3.8, 4) is 28.9 Å². The van der Waals surface area contributed by atoms with E-state index in [0.29, 0.717) is 47.9 Å². The zero-order valence-electron chi connectivity index (χ0n) is 19.5. The van der Waals surface area contributed by atoms with Gasteiger partial charge in [0.2, 0.25) is 5.88 Å². The van der Waals surface area contributed by atoms with Gasteiger partial charge in [-0.3, -0.25) is 4.72 Å². The number of sulfonamides is 1. The molecule has 4 rings (SSSR count). The van der Waals surface area contributed by atoms with E-state index >= 15 is 0 Å². The van der Waals surface area contributed by atoms with Crippen LogP contribution >= 0.6 is 0 Å². The van der Waals surface area contributed by atoms with Gasteiger partial charge >= 0.3 is 0 Å². The van der Waals surface area contributed by atoms with E-state index in [1.54, 1.807) is 79.5 Å². The monoisotopic (exact) mass is 495 g/mol. The molecule has 0 saturated carbocycles. The minimum atomic E-state index is -3.91. The molecule has 0 aliphatic rings. The Kier molecular flexibility index (Phi) is 7.16. The van der Waals surface area contributed by atoms with Crippen LogP contribution in [0.3, 0.4) is 0 Å². The first-order valence-corrected chi connectivity index (χ1v) is 12.4. The van der Waals surface area contributed by atoms with E-state index in [1.165, 1.54) is 6.07 Å². The molecule has 35 heavy (non-hydrogen) atoms. The van der Waals surface area contributed by atoms with Crippen molar-refractivity contribution in [1.29, 1.82) is 0 Å². The largest absolute Gasteiger partial charge is 0.494 e. The molecule has 4 aromatic rings. The number of nitrogens with one attached hydrogen (secondary N) is 1. The van der Waals surface area contributed by atoms with Crippen LogP contribution in [-0.4, -0.2) is 41.4 Å². The maximum atomic E-state index is 13.0. The summed E-state index contributed by atoms with van der Waals surface area (Å²) in [6.45, 7) is 6.17. The van der Waals surface area contributed by atoms with Gasteiger partial charge in [0.25, 0.3) is 10.0 Å². The summed E-state index contributed by atoms with van der Waals surface area (Å²) < 4.78 is 47.1. The Balaban J connectivity index is 1.51. The highest BCUT2D eigenvalue weighted by Gasteiger charge is 2.21. The lowest BCUT2D eigenvalue weighted by molar-refractivity contribution is 0.317. The second kappa shape index (κ2) is 10.4. The van der Waals surface area contributed by atoms with E-state index in [0.717, 1.165) is 0 Å². The van der Waals surface area contributed by atoms with Gasteiger partial charge in [0.05, 0.1) is 13.2 Å². The summed E-state index contributed by atoms with van der Waals surface area (Å²) in [5.74, 6) is 2.67. The second-order valence-electron chi connectivity index (χ2n) is 7.27. The van der Waals surface area contributed by atoms with Crippen molar-refractivity contribution >= 4 is 15.7 Å². The number of ether oxygens (including phenoxy) is 3. The summed E-state index contributed by atoms with van der Waals surface area (Å²) in [6.07, 6.45) is 3.43. The molecule has 11 heteroatoms. The average molecular weight is 496 g/mol. The fraction of sp³-hybridized carbons (Fsp3) is 0.208. The summed E-state index contributed by atoms with van der Waals surface area (Å²) in [5, 5.41) is 4.17. The number of hydrogen-bond donors (Lipinski definition) is 1. The van der Waals surface area contributed by atoms with Crippen LogP contribution < -0.4 is 18.9 Å². The highest BCUT2D eigenvalue weighted by molar-refractivity contribution is 7.92. The van der Waals surface area contributed by atoms with E-state index in [-0.39, 0.29) is 10.6 Å². The number of benzene rings is 2. The summed E-state index contributed by atoms with van der Waals surface area (Å²) in [6, 6.07) is 14.6. The van der Waals surface area contributed by atoms with Gasteiger partial charge in [-0.05, 0) is 63.2 Å².